The zero-order chi connectivity index (χ0) is 19.7. The zero-order valence-electron chi connectivity index (χ0n) is 15.8. The number of hydrogen-bond donors (Lipinski definition) is 3. The third-order valence-corrected chi connectivity index (χ3v) is 4.22. The first kappa shape index (κ1) is 17.6. The molecular weight excluding hydrogens is 356 g/mol. The molecule has 8 nitrogen and oxygen atoms in total. The average Bonchev–Trinajstić information content (AvgIpc) is 3.36. The number of carbonyl (C=O) groups is 1. The lowest BCUT2D eigenvalue weighted by Gasteiger charge is -2.12. The van der Waals surface area contributed by atoms with Crippen LogP contribution in [0.25, 0.3) is 17.1 Å². The molecule has 142 valence electrons. The van der Waals surface area contributed by atoms with E-state index in [0.717, 1.165) is 22.8 Å². The number of urea groups is 1. The Morgan fingerprint density at radius 1 is 1.07 bits per heavy atom. The third kappa shape index (κ3) is 3.52. The van der Waals surface area contributed by atoms with Crippen LogP contribution >= 0.6 is 0 Å². The van der Waals surface area contributed by atoms with Crippen LogP contribution in [0.5, 0.6) is 0 Å². The Kier molecular flexibility index (Phi) is 4.44. The quantitative estimate of drug-likeness (QED) is 0.490. The van der Waals surface area contributed by atoms with E-state index in [9.17, 15) is 4.79 Å². The van der Waals surface area contributed by atoms with Gasteiger partial charge in [0.25, 0.3) is 0 Å². The summed E-state index contributed by atoms with van der Waals surface area (Å²) in [5, 5.41) is 17.0. The molecule has 0 spiro atoms. The Balaban J connectivity index is 1.51. The van der Waals surface area contributed by atoms with Crippen LogP contribution in [0.3, 0.4) is 0 Å². The molecule has 3 heterocycles. The van der Waals surface area contributed by atoms with Gasteiger partial charge in [0, 0.05) is 11.8 Å². The fraction of sp³-hybridized carbons (Fsp3) is 0.150. The molecule has 0 aliphatic rings. The van der Waals surface area contributed by atoms with Crippen molar-refractivity contribution in [3.63, 3.8) is 0 Å². The molecule has 0 aliphatic heterocycles. The summed E-state index contributed by atoms with van der Waals surface area (Å²) >= 11 is 0. The van der Waals surface area contributed by atoms with Crippen LogP contribution < -0.4 is 10.6 Å². The molecule has 4 aromatic rings. The van der Waals surface area contributed by atoms with E-state index in [-0.39, 0.29) is 0 Å². The van der Waals surface area contributed by atoms with Crippen molar-refractivity contribution in [2.75, 3.05) is 10.6 Å². The molecule has 0 radical (unpaired) electrons. The van der Waals surface area contributed by atoms with Crippen LogP contribution in [-0.4, -0.2) is 26.0 Å². The molecule has 0 atom stereocenters. The zero-order valence-corrected chi connectivity index (χ0v) is 15.8. The number of amides is 2. The van der Waals surface area contributed by atoms with Gasteiger partial charge in [0.15, 0.2) is 11.6 Å². The van der Waals surface area contributed by atoms with Crippen molar-refractivity contribution in [1.29, 1.82) is 0 Å². The van der Waals surface area contributed by atoms with Gasteiger partial charge < -0.3 is 9.73 Å². The number of anilines is 2. The highest BCUT2D eigenvalue weighted by molar-refractivity contribution is 6.00. The van der Waals surface area contributed by atoms with E-state index < -0.39 is 6.03 Å². The summed E-state index contributed by atoms with van der Waals surface area (Å²) in [6.07, 6.45) is 0. The number of rotatable bonds is 4. The molecule has 0 fully saturated rings. The number of furan rings is 1. The lowest BCUT2D eigenvalue weighted by Crippen LogP contribution is -2.21. The predicted octanol–water partition coefficient (Wildman–Crippen LogP) is 4.42. The van der Waals surface area contributed by atoms with Gasteiger partial charge in [0.1, 0.15) is 11.5 Å². The van der Waals surface area contributed by atoms with Crippen molar-refractivity contribution in [1.82, 2.24) is 20.0 Å². The minimum atomic E-state index is -0.400. The summed E-state index contributed by atoms with van der Waals surface area (Å²) in [6, 6.07) is 14.5. The van der Waals surface area contributed by atoms with Crippen molar-refractivity contribution < 1.29 is 9.21 Å². The maximum absolute atomic E-state index is 12.5. The molecule has 28 heavy (non-hydrogen) atoms. The molecule has 0 unspecified atom stereocenters. The van der Waals surface area contributed by atoms with Crippen molar-refractivity contribution >= 4 is 17.5 Å². The van der Waals surface area contributed by atoms with Crippen molar-refractivity contribution in [3.8, 4) is 17.1 Å². The van der Waals surface area contributed by atoms with Gasteiger partial charge in [-0.1, -0.05) is 12.1 Å². The second-order valence-corrected chi connectivity index (χ2v) is 6.51. The number of aromatic nitrogens is 4. The second kappa shape index (κ2) is 7.07. The molecule has 3 N–H and O–H groups in total. The highest BCUT2D eigenvalue weighted by atomic mass is 16.3. The Morgan fingerprint density at radius 3 is 2.61 bits per heavy atom. The third-order valence-electron chi connectivity index (χ3n) is 4.22. The number of aryl methyl sites for hydroxylation is 3. The van der Waals surface area contributed by atoms with E-state index in [1.54, 1.807) is 10.7 Å². The molecule has 0 saturated carbocycles. The molecule has 2 amide bonds. The van der Waals surface area contributed by atoms with E-state index in [0.29, 0.717) is 23.0 Å². The number of aromatic amines is 1. The molecule has 0 bridgehead atoms. The first-order chi connectivity index (χ1) is 13.5. The Hall–Kier alpha value is -3.81. The van der Waals surface area contributed by atoms with E-state index in [2.05, 4.69) is 25.9 Å². The van der Waals surface area contributed by atoms with Gasteiger partial charge in [-0.2, -0.15) is 10.2 Å². The second-order valence-electron chi connectivity index (χ2n) is 6.51. The first-order valence-corrected chi connectivity index (χ1v) is 8.82. The monoisotopic (exact) mass is 376 g/mol. The van der Waals surface area contributed by atoms with Gasteiger partial charge in [-0.3, -0.25) is 10.4 Å². The van der Waals surface area contributed by atoms with Crippen molar-refractivity contribution in [2.24, 2.45) is 0 Å². The molecule has 0 aliphatic carbocycles. The lowest BCUT2D eigenvalue weighted by atomic mass is 10.2. The number of H-pyrrole nitrogens is 1. The summed E-state index contributed by atoms with van der Waals surface area (Å²) in [6.45, 7) is 5.77. The minimum Gasteiger partial charge on any atom is -0.460 e. The number of para-hydroxylation sites is 2. The Morgan fingerprint density at radius 2 is 1.89 bits per heavy atom. The minimum absolute atomic E-state index is 0.394. The smallest absolute Gasteiger partial charge is 0.324 e. The fourth-order valence-corrected chi connectivity index (χ4v) is 3.00. The summed E-state index contributed by atoms with van der Waals surface area (Å²) in [5.41, 5.74) is 4.01. The van der Waals surface area contributed by atoms with Crippen molar-refractivity contribution in [2.45, 2.75) is 20.8 Å². The van der Waals surface area contributed by atoms with Crippen LogP contribution in [0.15, 0.2) is 52.9 Å². The van der Waals surface area contributed by atoms with Gasteiger partial charge in [0.05, 0.1) is 17.1 Å². The van der Waals surface area contributed by atoms with Gasteiger partial charge in [-0.25, -0.2) is 9.48 Å². The summed E-state index contributed by atoms with van der Waals surface area (Å²) in [7, 11) is 0. The highest BCUT2D eigenvalue weighted by Crippen LogP contribution is 2.23. The lowest BCUT2D eigenvalue weighted by molar-refractivity contribution is 0.262. The molecule has 1 aromatic carbocycles. The van der Waals surface area contributed by atoms with E-state index in [4.69, 9.17) is 4.42 Å². The van der Waals surface area contributed by atoms with Crippen LogP contribution in [0.2, 0.25) is 0 Å². The molecule has 0 saturated heterocycles. The topological polar surface area (TPSA) is 101 Å². The molecule has 8 heteroatoms. The van der Waals surface area contributed by atoms with Gasteiger partial charge in [-0.05, 0) is 51.1 Å². The van der Waals surface area contributed by atoms with Crippen LogP contribution in [0.1, 0.15) is 17.1 Å². The summed E-state index contributed by atoms with van der Waals surface area (Å²) < 4.78 is 7.35. The van der Waals surface area contributed by atoms with E-state index in [1.165, 1.54) is 0 Å². The SMILES string of the molecule is Cc1cc(C)n(-c2ccccc2NC(=O)Nc2cc(-c3ccc(C)o3)[nH]n2)n1. The number of nitrogens with zero attached hydrogens (tertiary/aromatic N) is 3. The molecule has 4 rings (SSSR count). The van der Waals surface area contributed by atoms with Crippen molar-refractivity contribution in [3.05, 3.63) is 65.7 Å². The van der Waals surface area contributed by atoms with E-state index in [1.807, 2.05) is 63.2 Å². The van der Waals surface area contributed by atoms with Gasteiger partial charge in [-0.15, -0.1) is 0 Å². The number of nitrogens with one attached hydrogen (secondary N) is 3. The number of hydrogen-bond acceptors (Lipinski definition) is 4. The Labute approximate surface area is 161 Å². The largest absolute Gasteiger partial charge is 0.460 e. The maximum Gasteiger partial charge on any atom is 0.324 e. The fourth-order valence-electron chi connectivity index (χ4n) is 3.00. The standard InChI is InChI=1S/C20H20N6O2/c1-12-10-13(2)26(25-12)17-7-5-4-6-15(17)21-20(27)22-19-11-16(23-24-19)18-9-8-14(3)28-18/h4-11H,1-3H3,(H3,21,22,23,24,27). The maximum atomic E-state index is 12.5. The summed E-state index contributed by atoms with van der Waals surface area (Å²) in [4.78, 5) is 12.5. The molecular formula is C20H20N6O2. The van der Waals surface area contributed by atoms with Crippen LogP contribution in [-0.2, 0) is 0 Å². The molecule has 3 aromatic heterocycles. The first-order valence-electron chi connectivity index (χ1n) is 8.82. The average molecular weight is 376 g/mol. The normalized spacial score (nSPS) is 10.8. The van der Waals surface area contributed by atoms with Crippen LogP contribution in [0, 0.1) is 20.8 Å². The number of benzene rings is 1. The van der Waals surface area contributed by atoms with E-state index >= 15 is 0 Å². The predicted molar refractivity (Wildman–Crippen MR) is 107 cm³/mol. The van der Waals surface area contributed by atoms with Gasteiger partial charge in [0.2, 0.25) is 0 Å². The van der Waals surface area contributed by atoms with Crippen LogP contribution in [0.4, 0.5) is 16.3 Å². The number of carbonyl (C=O) groups excluding carboxylic acids is 1. The summed E-state index contributed by atoms with van der Waals surface area (Å²) in [5.74, 6) is 1.86. The highest BCUT2D eigenvalue weighted by Gasteiger charge is 2.13. The van der Waals surface area contributed by atoms with Gasteiger partial charge >= 0.3 is 6.03 Å². The Bertz CT molecular complexity index is 1140.